The molecule has 0 unspecified atom stereocenters. The lowest BCUT2D eigenvalue weighted by Crippen LogP contribution is -2.35. The number of sulfonamides is 1. The zero-order valence-corrected chi connectivity index (χ0v) is 14.1. The molecule has 0 heterocycles. The summed E-state index contributed by atoms with van der Waals surface area (Å²) >= 11 is 0. The predicted octanol–water partition coefficient (Wildman–Crippen LogP) is 2.11. The Morgan fingerprint density at radius 1 is 1.09 bits per heavy atom. The monoisotopic (exact) mass is 336 g/mol. The van der Waals surface area contributed by atoms with Crippen molar-refractivity contribution in [1.82, 2.24) is 10.0 Å². The van der Waals surface area contributed by atoms with Gasteiger partial charge in [0.1, 0.15) is 0 Å². The van der Waals surface area contributed by atoms with Crippen molar-refractivity contribution >= 4 is 15.9 Å². The zero-order chi connectivity index (χ0) is 16.5. The first-order chi connectivity index (χ1) is 11.1. The van der Waals surface area contributed by atoms with E-state index in [4.69, 9.17) is 0 Å². The van der Waals surface area contributed by atoms with Crippen LogP contribution in [-0.4, -0.2) is 27.4 Å². The van der Waals surface area contributed by atoms with Gasteiger partial charge in [-0.3, -0.25) is 4.79 Å². The Labute approximate surface area is 138 Å². The molecule has 0 aliphatic heterocycles. The van der Waals surface area contributed by atoms with Gasteiger partial charge in [-0.25, -0.2) is 13.1 Å². The zero-order valence-electron chi connectivity index (χ0n) is 13.3. The quantitative estimate of drug-likeness (QED) is 0.564. The van der Waals surface area contributed by atoms with E-state index in [1.54, 1.807) is 12.1 Å². The highest BCUT2D eigenvalue weighted by Gasteiger charge is 2.11. The molecule has 0 bridgehead atoms. The maximum Gasteiger partial charge on any atom is 0.224 e. The maximum atomic E-state index is 11.9. The largest absolute Gasteiger partial charge is 0.355 e. The second-order valence-corrected chi connectivity index (χ2v) is 7.58. The minimum Gasteiger partial charge on any atom is -0.355 e. The van der Waals surface area contributed by atoms with Gasteiger partial charge in [0, 0.05) is 19.5 Å². The molecule has 126 valence electrons. The van der Waals surface area contributed by atoms with Gasteiger partial charge in [-0.15, -0.1) is 0 Å². The lowest BCUT2D eigenvalue weighted by atomic mass is 9.97. The first-order valence-corrected chi connectivity index (χ1v) is 9.66. The summed E-state index contributed by atoms with van der Waals surface area (Å²) in [6.45, 7) is 0.514. The molecule has 0 aromatic heterocycles. The number of hydrogen-bond acceptors (Lipinski definition) is 3. The van der Waals surface area contributed by atoms with Crippen LogP contribution in [0.1, 0.15) is 37.7 Å². The van der Waals surface area contributed by atoms with Crippen LogP contribution in [0.25, 0.3) is 0 Å². The van der Waals surface area contributed by atoms with Crippen LogP contribution in [0.15, 0.2) is 42.0 Å². The number of nitrogens with one attached hydrogen (secondary N) is 2. The highest BCUT2D eigenvalue weighted by molar-refractivity contribution is 7.88. The Balaban J connectivity index is 1.66. The topological polar surface area (TPSA) is 75.3 Å². The van der Waals surface area contributed by atoms with Gasteiger partial charge in [0.2, 0.25) is 15.9 Å². The highest BCUT2D eigenvalue weighted by atomic mass is 32.2. The maximum absolute atomic E-state index is 11.9. The van der Waals surface area contributed by atoms with E-state index in [-0.39, 0.29) is 18.2 Å². The Kier molecular flexibility index (Phi) is 6.80. The standard InChI is InChI=1S/C17H24N2O3S/c20-17(13-15-7-3-1-4-8-15)18-11-12-19-23(21,22)14-16-9-5-2-6-10-16/h2,5-7,9-10,19H,1,3-4,8,11-14H2,(H,18,20). The van der Waals surface area contributed by atoms with Gasteiger partial charge in [-0.2, -0.15) is 0 Å². The summed E-state index contributed by atoms with van der Waals surface area (Å²) in [5.41, 5.74) is 1.94. The summed E-state index contributed by atoms with van der Waals surface area (Å²) in [4.78, 5) is 11.8. The smallest absolute Gasteiger partial charge is 0.224 e. The van der Waals surface area contributed by atoms with Crippen LogP contribution in [0.3, 0.4) is 0 Å². The summed E-state index contributed by atoms with van der Waals surface area (Å²) in [5.74, 6) is -0.0882. The molecule has 0 atom stereocenters. The van der Waals surface area contributed by atoms with E-state index in [2.05, 4.69) is 16.1 Å². The van der Waals surface area contributed by atoms with Crippen LogP contribution in [0.5, 0.6) is 0 Å². The average Bonchev–Trinajstić information content (AvgIpc) is 2.53. The molecule has 23 heavy (non-hydrogen) atoms. The number of allylic oxidation sites excluding steroid dienone is 1. The van der Waals surface area contributed by atoms with Crippen molar-refractivity contribution in [3.05, 3.63) is 47.5 Å². The molecule has 0 spiro atoms. The van der Waals surface area contributed by atoms with Gasteiger partial charge < -0.3 is 5.32 Å². The van der Waals surface area contributed by atoms with E-state index in [1.165, 1.54) is 12.0 Å². The van der Waals surface area contributed by atoms with Crippen LogP contribution < -0.4 is 10.0 Å². The van der Waals surface area contributed by atoms with Gasteiger partial charge in [0.05, 0.1) is 5.75 Å². The molecule has 1 aliphatic rings. The van der Waals surface area contributed by atoms with E-state index in [0.717, 1.165) is 24.8 Å². The summed E-state index contributed by atoms with van der Waals surface area (Å²) in [7, 11) is -3.37. The van der Waals surface area contributed by atoms with Gasteiger partial charge in [0.15, 0.2) is 0 Å². The Bertz CT molecular complexity index is 639. The van der Waals surface area contributed by atoms with Crippen LogP contribution in [0.4, 0.5) is 0 Å². The number of hydrogen-bond donors (Lipinski definition) is 2. The fraction of sp³-hybridized carbons (Fsp3) is 0.471. The second-order valence-electron chi connectivity index (χ2n) is 5.77. The van der Waals surface area contributed by atoms with Crippen LogP contribution in [-0.2, 0) is 20.6 Å². The third-order valence-corrected chi connectivity index (χ3v) is 5.10. The van der Waals surface area contributed by atoms with Crippen molar-refractivity contribution in [3.63, 3.8) is 0 Å². The lowest BCUT2D eigenvalue weighted by molar-refractivity contribution is -0.120. The molecule has 0 fully saturated rings. The molecule has 0 saturated heterocycles. The van der Waals surface area contributed by atoms with Crippen molar-refractivity contribution < 1.29 is 13.2 Å². The van der Waals surface area contributed by atoms with E-state index >= 15 is 0 Å². The molecule has 1 amide bonds. The first kappa shape index (κ1) is 17.7. The molecule has 5 nitrogen and oxygen atoms in total. The van der Waals surface area contributed by atoms with Gasteiger partial charge in [-0.1, -0.05) is 42.0 Å². The molecular formula is C17H24N2O3S. The number of carbonyl (C=O) groups is 1. The molecule has 0 saturated carbocycles. The number of rotatable bonds is 8. The normalized spacial score (nSPS) is 15.0. The fourth-order valence-electron chi connectivity index (χ4n) is 2.59. The van der Waals surface area contributed by atoms with E-state index in [1.807, 2.05) is 18.2 Å². The second kappa shape index (κ2) is 8.84. The molecule has 1 aromatic rings. The van der Waals surface area contributed by atoms with Gasteiger partial charge >= 0.3 is 0 Å². The van der Waals surface area contributed by atoms with Crippen LogP contribution in [0.2, 0.25) is 0 Å². The molecule has 0 radical (unpaired) electrons. The van der Waals surface area contributed by atoms with E-state index in [9.17, 15) is 13.2 Å². The number of benzene rings is 1. The number of amides is 1. The van der Waals surface area contributed by atoms with Crippen LogP contribution >= 0.6 is 0 Å². The first-order valence-electron chi connectivity index (χ1n) is 8.01. The van der Waals surface area contributed by atoms with Crippen molar-refractivity contribution in [2.75, 3.05) is 13.1 Å². The summed E-state index contributed by atoms with van der Waals surface area (Å²) < 4.78 is 26.4. The van der Waals surface area contributed by atoms with Crippen molar-refractivity contribution in [2.24, 2.45) is 0 Å². The van der Waals surface area contributed by atoms with Crippen molar-refractivity contribution in [2.45, 2.75) is 37.9 Å². The number of carbonyl (C=O) groups excluding carboxylic acids is 1. The molecule has 1 aromatic carbocycles. The van der Waals surface area contributed by atoms with E-state index < -0.39 is 10.0 Å². The third-order valence-electron chi connectivity index (χ3n) is 3.74. The van der Waals surface area contributed by atoms with Crippen LogP contribution in [0, 0.1) is 0 Å². The highest BCUT2D eigenvalue weighted by Crippen LogP contribution is 2.19. The summed E-state index contributed by atoms with van der Waals surface area (Å²) in [6.07, 6.45) is 6.98. The predicted molar refractivity (Wildman–Crippen MR) is 91.2 cm³/mol. The van der Waals surface area contributed by atoms with Gasteiger partial charge in [0.25, 0.3) is 0 Å². The molecular weight excluding hydrogens is 312 g/mol. The SMILES string of the molecule is O=C(CC1=CCCCC1)NCCNS(=O)(=O)Cc1ccccc1. The van der Waals surface area contributed by atoms with E-state index in [0.29, 0.717) is 13.0 Å². The fourth-order valence-corrected chi connectivity index (χ4v) is 3.73. The Morgan fingerprint density at radius 2 is 1.87 bits per heavy atom. The van der Waals surface area contributed by atoms with Crippen molar-refractivity contribution in [1.29, 1.82) is 0 Å². The van der Waals surface area contributed by atoms with Crippen molar-refractivity contribution in [3.8, 4) is 0 Å². The molecule has 6 heteroatoms. The molecule has 2 rings (SSSR count). The lowest BCUT2D eigenvalue weighted by Gasteiger charge is -2.12. The summed E-state index contributed by atoms with van der Waals surface area (Å²) in [6, 6.07) is 9.02. The minimum absolute atomic E-state index is 0.0413. The van der Waals surface area contributed by atoms with Gasteiger partial charge in [-0.05, 0) is 31.2 Å². The molecule has 2 N–H and O–H groups in total. The molecule has 1 aliphatic carbocycles. The minimum atomic E-state index is -3.37. The summed E-state index contributed by atoms with van der Waals surface area (Å²) in [5, 5.41) is 2.76. The average molecular weight is 336 g/mol. The Morgan fingerprint density at radius 3 is 2.57 bits per heavy atom. The third kappa shape index (κ3) is 6.97. The Hall–Kier alpha value is -1.66.